The summed E-state index contributed by atoms with van der Waals surface area (Å²) in [6, 6.07) is 0.922. The normalized spacial score (nSPS) is 11.5. The molecule has 0 saturated heterocycles. The first-order valence-electron chi connectivity index (χ1n) is 4.83. The lowest BCUT2D eigenvalue weighted by Gasteiger charge is -2.02. The third-order valence-electron chi connectivity index (χ3n) is 2.11. The molecular formula is C9H8BrN3O5S. The zero-order chi connectivity index (χ0) is 14.2. The summed E-state index contributed by atoms with van der Waals surface area (Å²) in [6.07, 6.45) is 2.79. The lowest BCUT2D eigenvalue weighted by molar-refractivity contribution is 0.0661. The summed E-state index contributed by atoms with van der Waals surface area (Å²) in [4.78, 5) is 10.4. The van der Waals surface area contributed by atoms with Gasteiger partial charge in [-0.05, 0) is 15.9 Å². The summed E-state index contributed by atoms with van der Waals surface area (Å²) >= 11 is 2.87. The summed E-state index contributed by atoms with van der Waals surface area (Å²) < 4.78 is 32.4. The maximum Gasteiger partial charge on any atom is 0.371 e. The van der Waals surface area contributed by atoms with Crippen molar-refractivity contribution in [2.75, 3.05) is 4.72 Å². The highest BCUT2D eigenvalue weighted by molar-refractivity contribution is 9.10. The van der Waals surface area contributed by atoms with Gasteiger partial charge in [0.15, 0.2) is 4.67 Å². The molecule has 2 heterocycles. The minimum atomic E-state index is -3.95. The van der Waals surface area contributed by atoms with Crippen LogP contribution in [0.2, 0.25) is 0 Å². The number of aromatic carboxylic acids is 1. The fourth-order valence-corrected chi connectivity index (χ4v) is 3.29. The van der Waals surface area contributed by atoms with Crippen LogP contribution in [-0.2, 0) is 17.1 Å². The minimum Gasteiger partial charge on any atom is -0.475 e. The predicted molar refractivity (Wildman–Crippen MR) is 67.4 cm³/mol. The summed E-state index contributed by atoms with van der Waals surface area (Å²) in [7, 11) is -2.32. The quantitative estimate of drug-likeness (QED) is 0.858. The first-order chi connectivity index (χ1) is 8.79. The molecule has 102 valence electrons. The smallest absolute Gasteiger partial charge is 0.371 e. The van der Waals surface area contributed by atoms with Crippen molar-refractivity contribution in [2.45, 2.75) is 4.90 Å². The van der Waals surface area contributed by atoms with Crippen molar-refractivity contribution in [1.29, 1.82) is 0 Å². The second-order valence-corrected chi connectivity index (χ2v) is 5.93. The van der Waals surface area contributed by atoms with Gasteiger partial charge in [-0.1, -0.05) is 0 Å². The molecule has 0 aromatic carbocycles. The van der Waals surface area contributed by atoms with Gasteiger partial charge in [0.2, 0.25) is 5.76 Å². The number of nitrogens with one attached hydrogen (secondary N) is 1. The average molecular weight is 350 g/mol. The van der Waals surface area contributed by atoms with Gasteiger partial charge in [-0.3, -0.25) is 9.40 Å². The molecule has 0 spiro atoms. The van der Waals surface area contributed by atoms with Crippen molar-refractivity contribution in [3.63, 3.8) is 0 Å². The number of hydrogen-bond acceptors (Lipinski definition) is 5. The molecule has 0 aliphatic rings. The molecule has 0 saturated carbocycles. The van der Waals surface area contributed by atoms with Gasteiger partial charge in [0, 0.05) is 19.3 Å². The Labute approximate surface area is 116 Å². The summed E-state index contributed by atoms with van der Waals surface area (Å²) in [5.41, 5.74) is 0.257. The van der Waals surface area contributed by atoms with Crippen molar-refractivity contribution in [1.82, 2.24) is 9.78 Å². The largest absolute Gasteiger partial charge is 0.475 e. The Hall–Kier alpha value is -1.81. The van der Waals surface area contributed by atoms with Crippen LogP contribution in [0, 0.1) is 0 Å². The third-order valence-corrected chi connectivity index (χ3v) is 4.35. The van der Waals surface area contributed by atoms with Gasteiger partial charge in [0.05, 0.1) is 11.9 Å². The zero-order valence-electron chi connectivity index (χ0n) is 9.49. The van der Waals surface area contributed by atoms with Gasteiger partial charge in [0.1, 0.15) is 4.90 Å². The van der Waals surface area contributed by atoms with Crippen molar-refractivity contribution >= 4 is 37.6 Å². The van der Waals surface area contributed by atoms with Gasteiger partial charge in [-0.25, -0.2) is 13.2 Å². The number of carbonyl (C=O) groups is 1. The monoisotopic (exact) mass is 349 g/mol. The van der Waals surface area contributed by atoms with Gasteiger partial charge in [-0.2, -0.15) is 5.10 Å². The topological polar surface area (TPSA) is 114 Å². The van der Waals surface area contributed by atoms with Crippen LogP contribution in [0.4, 0.5) is 5.69 Å². The van der Waals surface area contributed by atoms with Crippen LogP contribution >= 0.6 is 15.9 Å². The molecule has 0 fully saturated rings. The Morgan fingerprint density at radius 2 is 2.26 bits per heavy atom. The van der Waals surface area contributed by atoms with E-state index < -0.39 is 21.8 Å². The molecule has 0 aliphatic carbocycles. The number of hydrogen-bond donors (Lipinski definition) is 2. The molecule has 2 rings (SSSR count). The lowest BCUT2D eigenvalue weighted by atomic mass is 10.5. The highest BCUT2D eigenvalue weighted by Gasteiger charge is 2.25. The number of aryl methyl sites for hydroxylation is 1. The number of rotatable bonds is 4. The standard InChI is InChI=1S/C9H8BrN3O5S/c1-13-4-5(3-11-13)12-19(16,17)7-2-6(9(14)15)18-8(7)10/h2-4,12H,1H3,(H,14,15). The average Bonchev–Trinajstić information content (AvgIpc) is 2.85. The van der Waals surface area contributed by atoms with E-state index in [0.29, 0.717) is 0 Å². The number of anilines is 1. The molecule has 19 heavy (non-hydrogen) atoms. The van der Waals surface area contributed by atoms with Crippen molar-refractivity contribution in [3.05, 3.63) is 28.9 Å². The van der Waals surface area contributed by atoms with E-state index in [-0.39, 0.29) is 15.3 Å². The number of carboxylic acid groups (broad SMARTS) is 1. The van der Waals surface area contributed by atoms with Crippen molar-refractivity contribution < 1.29 is 22.7 Å². The number of furan rings is 1. The Bertz CT molecular complexity index is 733. The molecule has 8 nitrogen and oxygen atoms in total. The summed E-state index contributed by atoms with van der Waals surface area (Å²) in [5, 5.41) is 12.5. The van der Waals surface area contributed by atoms with Crippen LogP contribution in [0.5, 0.6) is 0 Å². The van der Waals surface area contributed by atoms with Gasteiger partial charge in [0.25, 0.3) is 10.0 Å². The molecule has 0 bridgehead atoms. The highest BCUT2D eigenvalue weighted by atomic mass is 79.9. The van der Waals surface area contributed by atoms with Crippen molar-refractivity contribution in [2.24, 2.45) is 7.05 Å². The van der Waals surface area contributed by atoms with Crippen LogP contribution in [0.1, 0.15) is 10.6 Å². The number of sulfonamides is 1. The Balaban J connectivity index is 2.37. The molecule has 0 unspecified atom stereocenters. The number of aromatic nitrogens is 2. The number of halogens is 1. The van der Waals surface area contributed by atoms with Gasteiger partial charge >= 0.3 is 5.97 Å². The predicted octanol–water partition coefficient (Wildman–Crippen LogP) is 1.27. The van der Waals surface area contributed by atoms with Gasteiger partial charge in [-0.15, -0.1) is 0 Å². The molecular weight excluding hydrogens is 342 g/mol. The van der Waals surface area contributed by atoms with E-state index in [1.165, 1.54) is 17.1 Å². The van der Waals surface area contributed by atoms with Crippen LogP contribution in [-0.4, -0.2) is 29.3 Å². The molecule has 0 radical (unpaired) electrons. The van der Waals surface area contributed by atoms with E-state index >= 15 is 0 Å². The van der Waals surface area contributed by atoms with Crippen LogP contribution in [0.15, 0.2) is 32.4 Å². The maximum atomic E-state index is 12.0. The van der Waals surface area contributed by atoms with E-state index in [1.807, 2.05) is 0 Å². The maximum absolute atomic E-state index is 12.0. The van der Waals surface area contributed by atoms with E-state index in [2.05, 4.69) is 25.8 Å². The SMILES string of the molecule is Cn1cc(NS(=O)(=O)c2cc(C(=O)O)oc2Br)cn1. The van der Waals surface area contributed by atoms with Crippen LogP contribution in [0.3, 0.4) is 0 Å². The number of nitrogens with zero attached hydrogens (tertiary/aromatic N) is 2. The van der Waals surface area contributed by atoms with E-state index in [9.17, 15) is 13.2 Å². The minimum absolute atomic E-state index is 0.179. The summed E-state index contributed by atoms with van der Waals surface area (Å²) in [5.74, 6) is -1.83. The Morgan fingerprint density at radius 3 is 2.74 bits per heavy atom. The van der Waals surface area contributed by atoms with Gasteiger partial charge < -0.3 is 9.52 Å². The Kier molecular flexibility index (Phi) is 3.37. The first-order valence-corrected chi connectivity index (χ1v) is 7.11. The zero-order valence-corrected chi connectivity index (χ0v) is 11.9. The second kappa shape index (κ2) is 4.70. The Morgan fingerprint density at radius 1 is 1.58 bits per heavy atom. The molecule has 2 N–H and O–H groups in total. The van der Waals surface area contributed by atoms with E-state index in [1.54, 1.807) is 7.05 Å². The highest BCUT2D eigenvalue weighted by Crippen LogP contribution is 2.27. The second-order valence-electron chi connectivity index (χ2n) is 3.56. The molecule has 0 aliphatic heterocycles. The van der Waals surface area contributed by atoms with E-state index in [4.69, 9.17) is 9.52 Å². The van der Waals surface area contributed by atoms with Crippen molar-refractivity contribution in [3.8, 4) is 0 Å². The lowest BCUT2D eigenvalue weighted by Crippen LogP contribution is -2.12. The fourth-order valence-electron chi connectivity index (χ4n) is 1.32. The van der Waals surface area contributed by atoms with Crippen LogP contribution < -0.4 is 4.72 Å². The molecule has 0 atom stereocenters. The summed E-state index contributed by atoms with van der Waals surface area (Å²) in [6.45, 7) is 0. The number of carboxylic acids is 1. The molecule has 2 aromatic rings. The molecule has 2 aromatic heterocycles. The fraction of sp³-hybridized carbons (Fsp3) is 0.111. The molecule has 0 amide bonds. The molecule has 10 heteroatoms. The first kappa shape index (κ1) is 13.6. The third kappa shape index (κ3) is 2.79. The van der Waals surface area contributed by atoms with E-state index in [0.717, 1.165) is 6.07 Å². The van der Waals surface area contributed by atoms with Crippen LogP contribution in [0.25, 0.3) is 0 Å².